The summed E-state index contributed by atoms with van der Waals surface area (Å²) < 4.78 is 34.0. The summed E-state index contributed by atoms with van der Waals surface area (Å²) in [7, 11) is -4.21. The van der Waals surface area contributed by atoms with Crippen LogP contribution in [0.4, 0.5) is 5.69 Å². The van der Waals surface area contributed by atoms with E-state index in [-0.39, 0.29) is 0 Å². The molecule has 222 valence electrons. The van der Waals surface area contributed by atoms with Crippen LogP contribution >= 0.6 is 0 Å². The van der Waals surface area contributed by atoms with Gasteiger partial charge in [0.1, 0.15) is 0 Å². The summed E-state index contributed by atoms with van der Waals surface area (Å²) in [5.74, 6) is 0. The van der Waals surface area contributed by atoms with Crippen molar-refractivity contribution in [3.8, 4) is 0 Å². The van der Waals surface area contributed by atoms with Gasteiger partial charge in [-0.2, -0.15) is 8.42 Å². The number of nitrogens with zero attached hydrogens (tertiary/aromatic N) is 2. The average Bonchev–Trinajstić information content (AvgIpc) is 2.95. The van der Waals surface area contributed by atoms with E-state index < -0.39 is 15.5 Å². The largest absolute Gasteiger partial charge is 0.372 e. The molecule has 1 N–H and O–H groups in total. The first-order chi connectivity index (χ1) is 19.4. The molecule has 1 aliphatic heterocycles. The van der Waals surface area contributed by atoms with Gasteiger partial charge in [0.2, 0.25) is 0 Å². The van der Waals surface area contributed by atoms with Crippen LogP contribution in [-0.4, -0.2) is 36.3 Å². The van der Waals surface area contributed by atoms with Crippen molar-refractivity contribution >= 4 is 32.3 Å². The van der Waals surface area contributed by atoms with Gasteiger partial charge in [0.05, 0.1) is 0 Å². The van der Waals surface area contributed by atoms with E-state index in [2.05, 4.69) is 55.1 Å². The van der Waals surface area contributed by atoms with E-state index in [0.29, 0.717) is 6.42 Å². The Morgan fingerprint density at radius 2 is 1.38 bits per heavy atom. The highest BCUT2D eigenvalue weighted by Crippen LogP contribution is 2.32. The lowest BCUT2D eigenvalue weighted by molar-refractivity contribution is 0.392. The fraction of sp³-hybridized carbons (Fsp3) is 0.588. The van der Waals surface area contributed by atoms with Crippen LogP contribution in [0.2, 0.25) is 0 Å². The first kappa shape index (κ1) is 32.2. The Morgan fingerprint density at radius 3 is 1.98 bits per heavy atom. The van der Waals surface area contributed by atoms with Gasteiger partial charge in [0.25, 0.3) is 10.1 Å². The second-order valence-corrected chi connectivity index (χ2v) is 12.8. The molecular weight excluding hydrogens is 516 g/mol. The fourth-order valence-electron chi connectivity index (χ4n) is 5.73. The Bertz CT molecular complexity index is 1190. The minimum Gasteiger partial charge on any atom is -0.372 e. The molecule has 3 rings (SSSR count). The molecule has 40 heavy (non-hydrogen) atoms. The summed E-state index contributed by atoms with van der Waals surface area (Å²) in [4.78, 5) is 4.28. The van der Waals surface area contributed by atoms with Gasteiger partial charge >= 0.3 is 0 Å². The molecule has 1 unspecified atom stereocenters. The quantitative estimate of drug-likeness (QED) is 0.135. The molecular formula is C34H52N2O3S. The molecule has 2 aromatic rings. The monoisotopic (exact) mass is 568 g/mol. The number of fused-ring (bicyclic) bond motifs is 1. The third-order valence-electron chi connectivity index (χ3n) is 8.04. The Hall–Kier alpha value is -2.31. The second-order valence-electron chi connectivity index (χ2n) is 11.3. The Labute approximate surface area is 244 Å². The molecule has 0 fully saturated rings. The van der Waals surface area contributed by atoms with Crippen molar-refractivity contribution in [1.29, 1.82) is 0 Å². The normalized spacial score (nSPS) is 14.5. The molecule has 0 bridgehead atoms. The molecule has 5 nitrogen and oxygen atoms in total. The van der Waals surface area contributed by atoms with Crippen LogP contribution in [-0.2, 0) is 10.1 Å². The van der Waals surface area contributed by atoms with E-state index in [1.165, 1.54) is 88.1 Å². The maximum atomic E-state index is 12.1. The van der Waals surface area contributed by atoms with Gasteiger partial charge in [-0.15, -0.1) is 0 Å². The van der Waals surface area contributed by atoms with Gasteiger partial charge in [-0.25, -0.2) is 0 Å². The Kier molecular flexibility index (Phi) is 13.6. The summed E-state index contributed by atoms with van der Waals surface area (Å²) in [6, 6.07) is 13.1. The van der Waals surface area contributed by atoms with Crippen molar-refractivity contribution in [3.05, 3.63) is 60.3 Å². The van der Waals surface area contributed by atoms with Crippen LogP contribution in [0.15, 0.2) is 54.8 Å². The van der Waals surface area contributed by atoms with Crippen molar-refractivity contribution in [2.45, 2.75) is 116 Å². The molecule has 0 aromatic heterocycles. The lowest BCUT2D eigenvalue weighted by Crippen LogP contribution is -2.36. The minimum atomic E-state index is -4.21. The standard InChI is InChI=1S/C34H52N2O3S/c1-4-7-9-11-13-16-24-35(25-17-14-12-10-8-5-2)32-23-22-29-27-31(21-20-30(29)28-32)33-19-15-18-26-36(33)34(6-3)40(37,38)39/h18-23,26-28,34H,4-17,24-25H2,1-3H3,(H,37,38,39). The summed E-state index contributed by atoms with van der Waals surface area (Å²) in [6.45, 7) is 8.53. The van der Waals surface area contributed by atoms with Crippen molar-refractivity contribution in [2.75, 3.05) is 18.0 Å². The molecule has 0 amide bonds. The average molecular weight is 569 g/mol. The van der Waals surface area contributed by atoms with E-state index in [1.807, 2.05) is 12.2 Å². The topological polar surface area (TPSA) is 60.9 Å². The van der Waals surface area contributed by atoms with Gasteiger partial charge in [0.15, 0.2) is 5.37 Å². The van der Waals surface area contributed by atoms with E-state index in [1.54, 1.807) is 18.0 Å². The van der Waals surface area contributed by atoms with E-state index in [0.717, 1.165) is 36.2 Å². The maximum Gasteiger partial charge on any atom is 0.286 e. The van der Waals surface area contributed by atoms with Crippen LogP contribution in [0.5, 0.6) is 0 Å². The summed E-state index contributed by atoms with van der Waals surface area (Å²) in [5.41, 5.74) is 3.08. The minimum absolute atomic E-state index is 0.296. The molecule has 1 atom stereocenters. The third-order valence-corrected chi connectivity index (χ3v) is 9.29. The third kappa shape index (κ3) is 9.66. The first-order valence-electron chi connectivity index (χ1n) is 15.8. The van der Waals surface area contributed by atoms with Crippen molar-refractivity contribution in [3.63, 3.8) is 0 Å². The zero-order chi connectivity index (χ0) is 28.8. The van der Waals surface area contributed by atoms with Crippen LogP contribution < -0.4 is 4.90 Å². The zero-order valence-electron chi connectivity index (χ0n) is 25.2. The molecule has 0 radical (unpaired) electrons. The lowest BCUT2D eigenvalue weighted by Gasteiger charge is -2.32. The zero-order valence-corrected chi connectivity index (χ0v) is 26.0. The lowest BCUT2D eigenvalue weighted by atomic mass is 10.0. The predicted molar refractivity (Wildman–Crippen MR) is 172 cm³/mol. The number of rotatable bonds is 19. The Balaban J connectivity index is 1.76. The van der Waals surface area contributed by atoms with Crippen LogP contribution in [0, 0.1) is 0 Å². The highest BCUT2D eigenvalue weighted by molar-refractivity contribution is 7.86. The number of allylic oxidation sites excluding steroid dienone is 2. The molecule has 0 spiro atoms. The number of anilines is 1. The number of hydrogen-bond donors (Lipinski definition) is 1. The number of hydrogen-bond acceptors (Lipinski definition) is 4. The van der Waals surface area contributed by atoms with Gasteiger partial charge in [-0.3, -0.25) is 4.55 Å². The van der Waals surface area contributed by atoms with E-state index in [9.17, 15) is 13.0 Å². The van der Waals surface area contributed by atoms with Crippen molar-refractivity contribution in [2.24, 2.45) is 0 Å². The molecule has 0 saturated heterocycles. The molecule has 6 heteroatoms. The molecule has 0 aliphatic carbocycles. The van der Waals surface area contributed by atoms with Crippen molar-refractivity contribution in [1.82, 2.24) is 4.90 Å². The van der Waals surface area contributed by atoms with Gasteiger partial charge < -0.3 is 9.80 Å². The Morgan fingerprint density at radius 1 is 0.800 bits per heavy atom. The summed E-state index contributed by atoms with van der Waals surface area (Å²) >= 11 is 0. The summed E-state index contributed by atoms with van der Waals surface area (Å²) in [6.07, 6.45) is 22.4. The molecule has 2 aromatic carbocycles. The SMILES string of the molecule is CCCCCCCCN(CCCCCCCC)c1ccc2cc(C3=CCC=CN3C(CC)S(=O)(=O)O)ccc2c1. The maximum absolute atomic E-state index is 12.1. The van der Waals surface area contributed by atoms with Crippen LogP contribution in [0.3, 0.4) is 0 Å². The van der Waals surface area contributed by atoms with Gasteiger partial charge in [-0.05, 0) is 60.2 Å². The van der Waals surface area contributed by atoms with E-state index in [4.69, 9.17) is 0 Å². The fourth-order valence-corrected chi connectivity index (χ4v) is 6.63. The number of unbranched alkanes of at least 4 members (excludes halogenated alkanes) is 10. The smallest absolute Gasteiger partial charge is 0.286 e. The molecule has 1 aliphatic rings. The highest BCUT2D eigenvalue weighted by atomic mass is 32.2. The summed E-state index contributed by atoms with van der Waals surface area (Å²) in [5, 5.41) is 1.33. The van der Waals surface area contributed by atoms with Gasteiger partial charge in [-0.1, -0.05) is 115 Å². The molecule has 1 heterocycles. The van der Waals surface area contributed by atoms with Crippen molar-refractivity contribution < 1.29 is 13.0 Å². The molecule has 0 saturated carbocycles. The second kappa shape index (κ2) is 16.8. The van der Waals surface area contributed by atoms with E-state index >= 15 is 0 Å². The predicted octanol–water partition coefficient (Wildman–Crippen LogP) is 9.55. The number of benzene rings is 2. The van der Waals surface area contributed by atoms with Crippen LogP contribution in [0.1, 0.15) is 116 Å². The van der Waals surface area contributed by atoms with Crippen LogP contribution in [0.25, 0.3) is 16.5 Å². The highest BCUT2D eigenvalue weighted by Gasteiger charge is 2.30. The first-order valence-corrected chi connectivity index (χ1v) is 17.3. The van der Waals surface area contributed by atoms with Gasteiger partial charge in [0, 0.05) is 30.7 Å².